The maximum atomic E-state index is 11.0. The molecule has 0 radical (unpaired) electrons. The van der Waals surface area contributed by atoms with Gasteiger partial charge in [-0.05, 0) is 18.2 Å². The van der Waals surface area contributed by atoms with E-state index in [9.17, 15) is 20.2 Å². The number of hydrogen-bond donors (Lipinski definition) is 0. The summed E-state index contributed by atoms with van der Waals surface area (Å²) >= 11 is 11.5. The van der Waals surface area contributed by atoms with Crippen molar-refractivity contribution in [1.82, 2.24) is 0 Å². The second-order valence-electron chi connectivity index (χ2n) is 3.82. The number of nitrogens with zero attached hydrogens (tertiary/aromatic N) is 2. The van der Waals surface area contributed by atoms with Crippen molar-refractivity contribution in [2.75, 3.05) is 0 Å². The van der Waals surface area contributed by atoms with Crippen LogP contribution in [0.1, 0.15) is 0 Å². The van der Waals surface area contributed by atoms with Crippen LogP contribution in [0, 0.1) is 20.2 Å². The third-order valence-electron chi connectivity index (χ3n) is 2.48. The summed E-state index contributed by atoms with van der Waals surface area (Å²) in [5, 5.41) is 21.4. The molecule has 0 unspecified atom stereocenters. The summed E-state index contributed by atoms with van der Waals surface area (Å²) in [6.45, 7) is 0. The van der Waals surface area contributed by atoms with Crippen LogP contribution in [0.15, 0.2) is 36.4 Å². The van der Waals surface area contributed by atoms with Crippen molar-refractivity contribution in [3.05, 3.63) is 66.7 Å². The quantitative estimate of drug-likeness (QED) is 0.603. The Balaban J connectivity index is 2.39. The summed E-state index contributed by atoms with van der Waals surface area (Å²) < 4.78 is 5.33. The molecule has 9 heteroatoms. The first-order valence-corrected chi connectivity index (χ1v) is 6.20. The summed E-state index contributed by atoms with van der Waals surface area (Å²) in [5.41, 5.74) is -0.682. The van der Waals surface area contributed by atoms with Gasteiger partial charge in [-0.1, -0.05) is 29.3 Å². The molecule has 108 valence electrons. The van der Waals surface area contributed by atoms with Crippen LogP contribution in [0.4, 0.5) is 11.4 Å². The molecule has 7 nitrogen and oxygen atoms in total. The third-order valence-corrected chi connectivity index (χ3v) is 3.08. The van der Waals surface area contributed by atoms with Gasteiger partial charge in [0.05, 0.1) is 9.85 Å². The van der Waals surface area contributed by atoms with Crippen LogP contribution in [0.3, 0.4) is 0 Å². The Kier molecular flexibility index (Phi) is 4.25. The Morgan fingerprint density at radius 1 is 0.952 bits per heavy atom. The topological polar surface area (TPSA) is 95.5 Å². The normalized spacial score (nSPS) is 10.2. The van der Waals surface area contributed by atoms with Crippen LogP contribution in [0.2, 0.25) is 10.0 Å². The van der Waals surface area contributed by atoms with Gasteiger partial charge in [0.1, 0.15) is 15.8 Å². The molecule has 0 saturated carbocycles. The van der Waals surface area contributed by atoms with Crippen LogP contribution in [-0.2, 0) is 0 Å². The Morgan fingerprint density at radius 2 is 1.67 bits per heavy atom. The van der Waals surface area contributed by atoms with Gasteiger partial charge in [0.25, 0.3) is 5.69 Å². The van der Waals surface area contributed by atoms with Crippen LogP contribution in [-0.4, -0.2) is 9.85 Å². The zero-order valence-electron chi connectivity index (χ0n) is 10.2. The minimum atomic E-state index is -0.676. The lowest BCUT2D eigenvalue weighted by molar-refractivity contribution is -0.385. The number of halogens is 2. The van der Waals surface area contributed by atoms with Crippen molar-refractivity contribution >= 4 is 34.6 Å². The third kappa shape index (κ3) is 3.21. The maximum absolute atomic E-state index is 11.0. The van der Waals surface area contributed by atoms with E-state index >= 15 is 0 Å². The predicted molar refractivity (Wildman–Crippen MR) is 76.3 cm³/mol. The van der Waals surface area contributed by atoms with Crippen LogP contribution in [0.5, 0.6) is 11.5 Å². The molecule has 0 amide bonds. The molecule has 2 aromatic rings. The smallest absolute Gasteiger partial charge is 0.329 e. The second kappa shape index (κ2) is 5.94. The Bertz CT molecular complexity index is 736. The predicted octanol–water partition coefficient (Wildman–Crippen LogP) is 4.60. The van der Waals surface area contributed by atoms with Crippen molar-refractivity contribution in [2.45, 2.75) is 0 Å². The minimum absolute atomic E-state index is 0.0782. The molecule has 2 aromatic carbocycles. The van der Waals surface area contributed by atoms with Crippen LogP contribution in [0.25, 0.3) is 0 Å². The molecule has 0 aromatic heterocycles. The molecule has 0 N–H and O–H groups in total. The van der Waals surface area contributed by atoms with E-state index in [-0.39, 0.29) is 27.2 Å². The van der Waals surface area contributed by atoms with Crippen molar-refractivity contribution in [1.29, 1.82) is 0 Å². The van der Waals surface area contributed by atoms with Gasteiger partial charge in [-0.3, -0.25) is 20.2 Å². The average molecular weight is 329 g/mol. The average Bonchev–Trinajstić information content (AvgIpc) is 2.37. The zero-order valence-corrected chi connectivity index (χ0v) is 11.7. The highest BCUT2D eigenvalue weighted by Crippen LogP contribution is 2.38. The van der Waals surface area contributed by atoms with E-state index in [2.05, 4.69) is 0 Å². The maximum Gasteiger partial charge on any atom is 0.329 e. The summed E-state index contributed by atoms with van der Waals surface area (Å²) in [7, 11) is 0. The molecule has 0 saturated heterocycles. The van der Waals surface area contributed by atoms with Gasteiger partial charge >= 0.3 is 5.69 Å². The highest BCUT2D eigenvalue weighted by Gasteiger charge is 2.21. The van der Waals surface area contributed by atoms with E-state index in [4.69, 9.17) is 27.9 Å². The molecule has 2 rings (SSSR count). The lowest BCUT2D eigenvalue weighted by atomic mass is 10.3. The van der Waals surface area contributed by atoms with Gasteiger partial charge in [-0.15, -0.1) is 0 Å². The van der Waals surface area contributed by atoms with Crippen molar-refractivity contribution in [3.8, 4) is 11.5 Å². The SMILES string of the molecule is O=[N+]([O-])c1ccc(Oc2cccc(Cl)c2[N+](=O)[O-])cc1Cl. The van der Waals surface area contributed by atoms with Crippen LogP contribution >= 0.6 is 23.2 Å². The molecule has 0 aliphatic carbocycles. The summed E-state index contributed by atoms with van der Waals surface area (Å²) in [6, 6.07) is 7.83. The van der Waals surface area contributed by atoms with Gasteiger partial charge in [0, 0.05) is 12.1 Å². The highest BCUT2D eigenvalue weighted by molar-refractivity contribution is 6.33. The highest BCUT2D eigenvalue weighted by atomic mass is 35.5. The van der Waals surface area contributed by atoms with Gasteiger partial charge in [-0.25, -0.2) is 0 Å². The van der Waals surface area contributed by atoms with Gasteiger partial charge in [0.15, 0.2) is 0 Å². The Morgan fingerprint density at radius 3 is 2.24 bits per heavy atom. The monoisotopic (exact) mass is 328 g/mol. The van der Waals surface area contributed by atoms with E-state index in [1.807, 2.05) is 0 Å². The molecule has 0 aliphatic heterocycles. The lowest BCUT2D eigenvalue weighted by Gasteiger charge is -2.07. The van der Waals surface area contributed by atoms with Crippen molar-refractivity contribution in [3.63, 3.8) is 0 Å². The first-order valence-electron chi connectivity index (χ1n) is 5.45. The number of nitro benzene ring substituents is 2. The number of ether oxygens (including phenoxy) is 1. The van der Waals surface area contributed by atoms with Crippen molar-refractivity contribution < 1.29 is 14.6 Å². The van der Waals surface area contributed by atoms with E-state index < -0.39 is 15.5 Å². The van der Waals surface area contributed by atoms with E-state index in [1.54, 1.807) is 0 Å². The van der Waals surface area contributed by atoms with E-state index in [1.165, 1.54) is 30.3 Å². The first kappa shape index (κ1) is 15.0. The fourth-order valence-corrected chi connectivity index (χ4v) is 2.06. The number of benzene rings is 2. The molecule has 21 heavy (non-hydrogen) atoms. The molecule has 0 heterocycles. The molecule has 0 atom stereocenters. The Hall–Kier alpha value is -2.38. The summed E-state index contributed by atoms with van der Waals surface area (Å²) in [6.07, 6.45) is 0. The van der Waals surface area contributed by atoms with E-state index in [0.29, 0.717) is 0 Å². The van der Waals surface area contributed by atoms with Gasteiger partial charge in [0.2, 0.25) is 5.75 Å². The lowest BCUT2D eigenvalue weighted by Crippen LogP contribution is -1.95. The molecule has 0 fully saturated rings. The fourth-order valence-electron chi connectivity index (χ4n) is 1.58. The number of rotatable bonds is 4. The van der Waals surface area contributed by atoms with Crippen LogP contribution < -0.4 is 4.74 Å². The standard InChI is InChI=1S/C12H6Cl2N2O5/c13-8-2-1-3-11(12(8)16(19)20)21-7-4-5-10(15(17)18)9(14)6-7/h1-6H. The molecule has 0 spiro atoms. The summed E-state index contributed by atoms with van der Waals surface area (Å²) in [4.78, 5) is 20.3. The fraction of sp³-hybridized carbons (Fsp3) is 0. The minimum Gasteiger partial charge on any atom is -0.450 e. The molecule has 0 bridgehead atoms. The second-order valence-corrected chi connectivity index (χ2v) is 4.63. The number of para-hydroxylation sites is 1. The van der Waals surface area contributed by atoms with E-state index in [0.717, 1.165) is 6.07 Å². The number of hydrogen-bond acceptors (Lipinski definition) is 5. The Labute approximate surface area is 128 Å². The first-order chi connectivity index (χ1) is 9.90. The number of nitro groups is 2. The van der Waals surface area contributed by atoms with Crippen molar-refractivity contribution in [2.24, 2.45) is 0 Å². The van der Waals surface area contributed by atoms with Gasteiger partial charge in [-0.2, -0.15) is 0 Å². The molecular formula is C12H6Cl2N2O5. The molecular weight excluding hydrogens is 323 g/mol. The van der Waals surface area contributed by atoms with Gasteiger partial charge < -0.3 is 4.74 Å². The molecule has 0 aliphatic rings. The summed E-state index contributed by atoms with van der Waals surface area (Å²) in [5.74, 6) is 0.0355. The zero-order chi connectivity index (χ0) is 15.6. The largest absolute Gasteiger partial charge is 0.450 e.